The van der Waals surface area contributed by atoms with Crippen molar-refractivity contribution in [3.05, 3.63) is 17.7 Å². The Balaban J connectivity index is 1.87. The summed E-state index contributed by atoms with van der Waals surface area (Å²) in [4.78, 5) is 15.6. The van der Waals surface area contributed by atoms with E-state index in [1.54, 1.807) is 0 Å². The van der Waals surface area contributed by atoms with Crippen LogP contribution in [0.1, 0.15) is 43.5 Å². The highest BCUT2D eigenvalue weighted by Gasteiger charge is 2.32. The zero-order valence-corrected chi connectivity index (χ0v) is 20.3. The van der Waals surface area contributed by atoms with Crippen molar-refractivity contribution in [2.75, 3.05) is 60.2 Å². The minimum atomic E-state index is -3.81. The Morgan fingerprint density at radius 3 is 2.31 bits per heavy atom. The van der Waals surface area contributed by atoms with E-state index in [-0.39, 0.29) is 40.6 Å². The smallest absolute Gasteiger partial charge is 0.255 e. The third-order valence-corrected chi connectivity index (χ3v) is 8.07. The molecule has 2 aliphatic heterocycles. The van der Waals surface area contributed by atoms with Gasteiger partial charge in [0.1, 0.15) is 0 Å². The monoisotopic (exact) mass is 469 g/mol. The molecule has 0 aliphatic carbocycles. The molecule has 2 fully saturated rings. The van der Waals surface area contributed by atoms with E-state index in [2.05, 4.69) is 24.1 Å². The van der Waals surface area contributed by atoms with Crippen LogP contribution in [0.25, 0.3) is 0 Å². The maximum absolute atomic E-state index is 13.2. The Kier molecular flexibility index (Phi) is 8.02. The van der Waals surface area contributed by atoms with E-state index < -0.39 is 15.9 Å². The second-order valence-electron chi connectivity index (χ2n) is 8.77. The fourth-order valence-electron chi connectivity index (χ4n) is 4.20. The number of hydrogen-bond acceptors (Lipinski definition) is 7. The van der Waals surface area contributed by atoms with E-state index in [9.17, 15) is 13.2 Å². The van der Waals surface area contributed by atoms with Crippen molar-refractivity contribution in [2.45, 2.75) is 43.5 Å². The molecule has 0 unspecified atom stereocenters. The van der Waals surface area contributed by atoms with E-state index in [0.29, 0.717) is 19.8 Å². The minimum absolute atomic E-state index is 0.00232. The Morgan fingerprint density at radius 1 is 1.06 bits per heavy atom. The van der Waals surface area contributed by atoms with Crippen LogP contribution in [0.2, 0.25) is 0 Å². The molecule has 2 saturated heterocycles. The van der Waals surface area contributed by atoms with E-state index in [0.717, 1.165) is 25.9 Å². The summed E-state index contributed by atoms with van der Waals surface area (Å²) in [5.41, 5.74) is -0.0848. The van der Waals surface area contributed by atoms with Crippen LogP contribution in [-0.2, 0) is 14.8 Å². The lowest BCUT2D eigenvalue weighted by Crippen LogP contribution is -2.53. The summed E-state index contributed by atoms with van der Waals surface area (Å²) in [5, 5.41) is 2.98. The summed E-state index contributed by atoms with van der Waals surface area (Å²) in [5.74, 6) is 0.00763. The molecule has 1 aromatic carbocycles. The van der Waals surface area contributed by atoms with Gasteiger partial charge in [0, 0.05) is 31.2 Å². The predicted octanol–water partition coefficient (Wildman–Crippen LogP) is 1.72. The van der Waals surface area contributed by atoms with Crippen molar-refractivity contribution < 1.29 is 27.4 Å². The number of sulfonamides is 1. The molecule has 0 aromatic heterocycles. The van der Waals surface area contributed by atoms with Crippen LogP contribution < -0.4 is 14.8 Å². The zero-order valence-electron chi connectivity index (χ0n) is 19.5. The zero-order chi connectivity index (χ0) is 23.4. The molecule has 32 heavy (non-hydrogen) atoms. The van der Waals surface area contributed by atoms with Crippen LogP contribution in [0.5, 0.6) is 11.5 Å². The van der Waals surface area contributed by atoms with Crippen molar-refractivity contribution in [3.8, 4) is 11.5 Å². The standard InChI is InChI=1S/C22H35N3O6S/c1-22(2,24-8-6-5-7-9-24)16-23-21(26)18-14-17(15-19(29-3)20(18)30-4)32(27,28)25-10-12-31-13-11-25/h14-15H,5-13,16H2,1-4H3,(H,23,26). The summed E-state index contributed by atoms with van der Waals surface area (Å²) in [6, 6.07) is 2.77. The third-order valence-electron chi connectivity index (χ3n) is 6.20. The highest BCUT2D eigenvalue weighted by Crippen LogP contribution is 2.35. The molecule has 2 aliphatic rings. The number of benzene rings is 1. The topological polar surface area (TPSA) is 97.4 Å². The van der Waals surface area contributed by atoms with Crippen molar-refractivity contribution >= 4 is 15.9 Å². The predicted molar refractivity (Wildman–Crippen MR) is 121 cm³/mol. The first-order valence-corrected chi connectivity index (χ1v) is 12.5. The van der Waals surface area contributed by atoms with Crippen molar-refractivity contribution in [2.24, 2.45) is 0 Å². The lowest BCUT2D eigenvalue weighted by Gasteiger charge is -2.41. The summed E-state index contributed by atoms with van der Waals surface area (Å²) < 4.78 is 43.8. The number of amides is 1. The summed E-state index contributed by atoms with van der Waals surface area (Å²) in [6.45, 7) is 7.87. The van der Waals surface area contributed by atoms with E-state index >= 15 is 0 Å². The quantitative estimate of drug-likeness (QED) is 0.619. The summed E-state index contributed by atoms with van der Waals surface area (Å²) in [7, 11) is -0.953. The Bertz CT molecular complexity index is 906. The van der Waals surface area contributed by atoms with Gasteiger partial charge in [0.15, 0.2) is 11.5 Å². The van der Waals surface area contributed by atoms with Crippen LogP contribution in [0.4, 0.5) is 0 Å². The maximum Gasteiger partial charge on any atom is 0.255 e. The number of morpholine rings is 1. The Labute approximate surface area is 191 Å². The lowest BCUT2D eigenvalue weighted by atomic mass is 9.98. The van der Waals surface area contributed by atoms with Gasteiger partial charge in [-0.3, -0.25) is 9.69 Å². The summed E-state index contributed by atoms with van der Waals surface area (Å²) >= 11 is 0. The van der Waals surface area contributed by atoms with Gasteiger partial charge in [-0.25, -0.2) is 8.42 Å². The highest BCUT2D eigenvalue weighted by molar-refractivity contribution is 7.89. The fourth-order valence-corrected chi connectivity index (χ4v) is 5.65. The van der Waals surface area contributed by atoms with Crippen molar-refractivity contribution in [1.29, 1.82) is 0 Å². The largest absolute Gasteiger partial charge is 0.493 e. The SMILES string of the molecule is COc1cc(S(=O)(=O)N2CCOCC2)cc(C(=O)NCC(C)(C)N2CCCCC2)c1OC. The molecule has 180 valence electrons. The van der Waals surface area contributed by atoms with Gasteiger partial charge in [0.2, 0.25) is 10.0 Å². The van der Waals surface area contributed by atoms with Crippen LogP contribution in [0, 0.1) is 0 Å². The van der Waals surface area contributed by atoms with Crippen LogP contribution >= 0.6 is 0 Å². The van der Waals surface area contributed by atoms with Gasteiger partial charge in [0.25, 0.3) is 5.91 Å². The number of piperidine rings is 1. The number of rotatable bonds is 8. The summed E-state index contributed by atoms with van der Waals surface area (Å²) in [6.07, 6.45) is 3.55. The molecule has 0 saturated carbocycles. The molecule has 1 amide bonds. The number of hydrogen-bond donors (Lipinski definition) is 1. The van der Waals surface area contributed by atoms with Gasteiger partial charge in [-0.1, -0.05) is 6.42 Å². The number of carbonyl (C=O) groups is 1. The second kappa shape index (κ2) is 10.4. The number of ether oxygens (including phenoxy) is 3. The van der Waals surface area contributed by atoms with Crippen molar-refractivity contribution in [3.63, 3.8) is 0 Å². The highest BCUT2D eigenvalue weighted by atomic mass is 32.2. The molecule has 0 bridgehead atoms. The molecular weight excluding hydrogens is 434 g/mol. The average Bonchev–Trinajstić information content (AvgIpc) is 2.82. The Morgan fingerprint density at radius 2 is 1.72 bits per heavy atom. The first-order valence-electron chi connectivity index (χ1n) is 11.1. The molecule has 1 aromatic rings. The van der Waals surface area contributed by atoms with E-state index in [1.165, 1.54) is 37.1 Å². The van der Waals surface area contributed by atoms with Gasteiger partial charge in [-0.15, -0.1) is 0 Å². The van der Waals surface area contributed by atoms with Crippen LogP contribution in [0.3, 0.4) is 0 Å². The number of carbonyl (C=O) groups excluding carboxylic acids is 1. The minimum Gasteiger partial charge on any atom is -0.493 e. The molecule has 10 heteroatoms. The van der Waals surface area contributed by atoms with E-state index in [1.807, 2.05) is 0 Å². The van der Waals surface area contributed by atoms with Gasteiger partial charge in [-0.2, -0.15) is 4.31 Å². The maximum atomic E-state index is 13.2. The van der Waals surface area contributed by atoms with Gasteiger partial charge >= 0.3 is 0 Å². The number of likely N-dealkylation sites (tertiary alicyclic amines) is 1. The van der Waals surface area contributed by atoms with Gasteiger partial charge in [0.05, 0.1) is 37.9 Å². The number of nitrogens with one attached hydrogen (secondary N) is 1. The molecule has 0 radical (unpaired) electrons. The molecule has 1 N–H and O–H groups in total. The third kappa shape index (κ3) is 5.36. The average molecular weight is 470 g/mol. The van der Waals surface area contributed by atoms with Gasteiger partial charge < -0.3 is 19.5 Å². The molecule has 0 atom stereocenters. The number of nitrogens with zero attached hydrogens (tertiary/aromatic N) is 2. The molecule has 2 heterocycles. The molecule has 3 rings (SSSR count). The molecule has 9 nitrogen and oxygen atoms in total. The van der Waals surface area contributed by atoms with Crippen molar-refractivity contribution in [1.82, 2.24) is 14.5 Å². The first-order chi connectivity index (χ1) is 15.2. The Hall–Kier alpha value is -1.88. The van der Waals surface area contributed by atoms with Gasteiger partial charge in [-0.05, 0) is 45.8 Å². The second-order valence-corrected chi connectivity index (χ2v) is 10.7. The lowest BCUT2D eigenvalue weighted by molar-refractivity contribution is 0.0730. The normalized spacial score (nSPS) is 18.9. The molecule has 0 spiro atoms. The first kappa shape index (κ1) is 24.8. The van der Waals surface area contributed by atoms with E-state index in [4.69, 9.17) is 14.2 Å². The van der Waals surface area contributed by atoms with Crippen LogP contribution in [0.15, 0.2) is 17.0 Å². The molecular formula is C22H35N3O6S. The fraction of sp³-hybridized carbons (Fsp3) is 0.682. The van der Waals surface area contributed by atoms with Crippen LogP contribution in [-0.4, -0.2) is 89.2 Å². The number of methoxy groups -OCH3 is 2.